The molecule has 0 fully saturated rings. The molecule has 1 aliphatic rings. The van der Waals surface area contributed by atoms with Crippen molar-refractivity contribution in [3.05, 3.63) is 46.1 Å². The van der Waals surface area contributed by atoms with Gasteiger partial charge in [-0.3, -0.25) is 19.6 Å². The molecule has 0 saturated carbocycles. The third-order valence-electron chi connectivity index (χ3n) is 3.14. The van der Waals surface area contributed by atoms with E-state index in [0.717, 1.165) is 15.7 Å². The largest absolute Gasteiger partial charge is 0.292 e. The number of hydrogen-bond acceptors (Lipinski definition) is 5. The molecule has 24 heavy (non-hydrogen) atoms. The van der Waals surface area contributed by atoms with Crippen molar-refractivity contribution in [3.8, 4) is 0 Å². The Balaban J connectivity index is 2.21. The molecule has 1 N–H and O–H groups in total. The molecule has 7 nitrogen and oxygen atoms in total. The van der Waals surface area contributed by atoms with E-state index < -0.39 is 22.5 Å². The Morgan fingerprint density at radius 1 is 1.29 bits per heavy atom. The number of benzene rings is 1. The minimum Gasteiger partial charge on any atom is -0.292 e. The zero-order valence-corrected chi connectivity index (χ0v) is 15.3. The first kappa shape index (κ1) is 18.5. The second-order valence-electron chi connectivity index (χ2n) is 5.21. The second kappa shape index (κ2) is 7.82. The summed E-state index contributed by atoms with van der Waals surface area (Å²) in [5.41, 5.74) is 0.721. The fraction of sp³-hybridized carbons (Fsp3) is 0.267. The van der Waals surface area contributed by atoms with Crippen molar-refractivity contribution in [2.24, 2.45) is 4.99 Å². The van der Waals surface area contributed by atoms with Gasteiger partial charge in [0.05, 0.1) is 6.26 Å². The summed E-state index contributed by atoms with van der Waals surface area (Å²) in [6.07, 6.45) is 5.00. The molecular formula is C15H16BrN3O4S. The number of hydrazine groups is 1. The Labute approximate surface area is 148 Å². The van der Waals surface area contributed by atoms with Crippen LogP contribution >= 0.6 is 15.9 Å². The highest BCUT2D eigenvalue weighted by atomic mass is 79.9. The highest BCUT2D eigenvalue weighted by Crippen LogP contribution is 2.14. The number of rotatable bonds is 6. The molecule has 0 spiro atoms. The Hall–Kier alpha value is -1.84. The van der Waals surface area contributed by atoms with Crippen molar-refractivity contribution in [2.75, 3.05) is 12.8 Å². The van der Waals surface area contributed by atoms with Crippen LogP contribution in [0.2, 0.25) is 0 Å². The lowest BCUT2D eigenvalue weighted by molar-refractivity contribution is -0.128. The van der Waals surface area contributed by atoms with Crippen LogP contribution in [0.5, 0.6) is 0 Å². The molecule has 0 atom stereocenters. The summed E-state index contributed by atoms with van der Waals surface area (Å²) < 4.78 is 23.9. The van der Waals surface area contributed by atoms with E-state index in [1.54, 1.807) is 30.5 Å². The molecule has 0 saturated heterocycles. The number of Topliss-reactive ketones (excluding diaryl/α,β-unsaturated/α-hetero) is 1. The van der Waals surface area contributed by atoms with Crippen molar-refractivity contribution >= 4 is 43.9 Å². The number of nitrogens with one attached hydrogen (secondary N) is 1. The van der Waals surface area contributed by atoms with Crippen LogP contribution in [0.4, 0.5) is 0 Å². The van der Waals surface area contributed by atoms with Gasteiger partial charge < -0.3 is 0 Å². The van der Waals surface area contributed by atoms with E-state index in [9.17, 15) is 18.0 Å². The zero-order chi connectivity index (χ0) is 17.7. The standard InChI is InChI=1S/C15H16BrN3O4S/c1-24(22,23)18-19(15(21)12-3-2-8-17-9-12)10-14(20)11-4-6-13(16)7-5-11/h4-9,18H,2-3,10H2,1H3. The number of carbonyl (C=O) groups excluding carboxylic acids is 2. The van der Waals surface area contributed by atoms with E-state index in [4.69, 9.17) is 0 Å². The van der Waals surface area contributed by atoms with Crippen LogP contribution in [0.1, 0.15) is 23.2 Å². The first-order valence-electron chi connectivity index (χ1n) is 7.05. The maximum atomic E-state index is 12.5. The lowest BCUT2D eigenvalue weighted by Gasteiger charge is -2.23. The van der Waals surface area contributed by atoms with Crippen LogP contribution in [0, 0.1) is 0 Å². The summed E-state index contributed by atoms with van der Waals surface area (Å²) in [5.74, 6) is -0.963. The molecule has 0 unspecified atom stereocenters. The van der Waals surface area contributed by atoms with E-state index in [-0.39, 0.29) is 5.78 Å². The zero-order valence-electron chi connectivity index (χ0n) is 12.9. The van der Waals surface area contributed by atoms with Crippen molar-refractivity contribution < 1.29 is 18.0 Å². The summed E-state index contributed by atoms with van der Waals surface area (Å²) in [7, 11) is -3.71. The van der Waals surface area contributed by atoms with Gasteiger partial charge in [-0.15, -0.1) is 4.83 Å². The third kappa shape index (κ3) is 5.36. The Morgan fingerprint density at radius 3 is 2.50 bits per heavy atom. The van der Waals surface area contributed by atoms with Crippen LogP contribution in [0.3, 0.4) is 0 Å². The summed E-state index contributed by atoms with van der Waals surface area (Å²) in [6.45, 7) is -0.408. The SMILES string of the molecule is CS(=O)(=O)NN(CC(=O)c1ccc(Br)cc1)C(=O)C1=CN=CCC1. The topological polar surface area (TPSA) is 95.9 Å². The fourth-order valence-corrected chi connectivity index (χ4v) is 2.87. The van der Waals surface area contributed by atoms with E-state index in [1.165, 1.54) is 6.20 Å². The van der Waals surface area contributed by atoms with Crippen LogP contribution in [0.25, 0.3) is 0 Å². The first-order valence-corrected chi connectivity index (χ1v) is 9.73. The number of aliphatic imine (C=N–C) groups is 1. The normalized spacial score (nSPS) is 14.2. The molecule has 1 aliphatic heterocycles. The van der Waals surface area contributed by atoms with Gasteiger partial charge >= 0.3 is 0 Å². The van der Waals surface area contributed by atoms with E-state index in [1.807, 2.05) is 0 Å². The summed E-state index contributed by atoms with van der Waals surface area (Å²) in [6, 6.07) is 6.59. The minimum atomic E-state index is -3.71. The van der Waals surface area contributed by atoms with Crippen molar-refractivity contribution in [1.82, 2.24) is 9.84 Å². The molecule has 2 rings (SSSR count). The van der Waals surface area contributed by atoms with Gasteiger partial charge in [0.1, 0.15) is 6.54 Å². The van der Waals surface area contributed by atoms with Gasteiger partial charge in [-0.2, -0.15) is 0 Å². The quantitative estimate of drug-likeness (QED) is 0.566. The molecule has 1 aromatic carbocycles. The molecule has 0 bridgehead atoms. The number of sulfonamides is 1. The van der Waals surface area contributed by atoms with Crippen molar-refractivity contribution in [2.45, 2.75) is 12.8 Å². The lowest BCUT2D eigenvalue weighted by atomic mass is 10.1. The fourth-order valence-electron chi connectivity index (χ4n) is 2.05. The van der Waals surface area contributed by atoms with Gasteiger partial charge in [0.2, 0.25) is 10.0 Å². The molecular weight excluding hydrogens is 398 g/mol. The van der Waals surface area contributed by atoms with Gasteiger partial charge in [-0.05, 0) is 25.0 Å². The van der Waals surface area contributed by atoms with Crippen LogP contribution in [-0.2, 0) is 14.8 Å². The number of ketones is 1. The highest BCUT2D eigenvalue weighted by Gasteiger charge is 2.24. The number of nitrogens with zero attached hydrogens (tertiary/aromatic N) is 2. The molecule has 1 amide bonds. The van der Waals surface area contributed by atoms with E-state index in [0.29, 0.717) is 24.0 Å². The minimum absolute atomic E-state index is 0.345. The molecule has 0 aromatic heterocycles. The number of carbonyl (C=O) groups is 2. The highest BCUT2D eigenvalue weighted by molar-refractivity contribution is 9.10. The average molecular weight is 414 g/mol. The van der Waals surface area contributed by atoms with Gasteiger partial charge in [0.25, 0.3) is 5.91 Å². The maximum absolute atomic E-state index is 12.5. The Kier molecular flexibility index (Phi) is 6.03. The predicted octanol–water partition coefficient (Wildman–Crippen LogP) is 1.67. The summed E-state index contributed by atoms with van der Waals surface area (Å²) in [5, 5.41) is 0.812. The van der Waals surface area contributed by atoms with Gasteiger partial charge in [-0.25, -0.2) is 8.42 Å². The van der Waals surface area contributed by atoms with Gasteiger partial charge in [0, 0.05) is 28.0 Å². The number of halogens is 1. The molecule has 1 aromatic rings. The summed E-state index contributed by atoms with van der Waals surface area (Å²) >= 11 is 3.27. The van der Waals surface area contributed by atoms with Crippen molar-refractivity contribution in [1.29, 1.82) is 0 Å². The average Bonchev–Trinajstić information content (AvgIpc) is 2.53. The second-order valence-corrected chi connectivity index (χ2v) is 7.85. The number of amides is 1. The predicted molar refractivity (Wildman–Crippen MR) is 94.0 cm³/mol. The third-order valence-corrected chi connectivity index (χ3v) is 4.22. The lowest BCUT2D eigenvalue weighted by Crippen LogP contribution is -2.48. The first-order chi connectivity index (χ1) is 11.3. The van der Waals surface area contributed by atoms with E-state index in [2.05, 4.69) is 25.8 Å². The number of hydrogen-bond donors (Lipinski definition) is 1. The monoisotopic (exact) mass is 413 g/mol. The molecule has 1 heterocycles. The Bertz CT molecular complexity index is 801. The maximum Gasteiger partial charge on any atom is 0.266 e. The molecule has 0 radical (unpaired) electrons. The molecule has 0 aliphatic carbocycles. The smallest absolute Gasteiger partial charge is 0.266 e. The van der Waals surface area contributed by atoms with E-state index >= 15 is 0 Å². The van der Waals surface area contributed by atoms with Crippen LogP contribution in [-0.4, -0.2) is 44.1 Å². The summed E-state index contributed by atoms with van der Waals surface area (Å²) in [4.78, 5) is 30.8. The molecule has 128 valence electrons. The van der Waals surface area contributed by atoms with Crippen LogP contribution < -0.4 is 4.83 Å². The molecule has 9 heteroatoms. The van der Waals surface area contributed by atoms with Crippen LogP contribution in [0.15, 0.2) is 45.5 Å². The van der Waals surface area contributed by atoms with Gasteiger partial charge in [0.15, 0.2) is 5.78 Å². The Morgan fingerprint density at radius 2 is 1.96 bits per heavy atom. The van der Waals surface area contributed by atoms with Gasteiger partial charge in [-0.1, -0.05) is 28.1 Å². The van der Waals surface area contributed by atoms with Crippen molar-refractivity contribution in [3.63, 3.8) is 0 Å².